The van der Waals surface area contributed by atoms with E-state index in [-0.39, 0.29) is 5.88 Å². The first-order valence-electron chi connectivity index (χ1n) is 6.22. The first-order chi connectivity index (χ1) is 10.0. The number of aryl methyl sites for hydroxylation is 1. The van der Waals surface area contributed by atoms with Crippen molar-refractivity contribution in [3.05, 3.63) is 52.0 Å². The van der Waals surface area contributed by atoms with Gasteiger partial charge in [0.05, 0.1) is 11.2 Å². The summed E-state index contributed by atoms with van der Waals surface area (Å²) in [5.41, 5.74) is 2.68. The minimum Gasteiger partial charge on any atom is -0.493 e. The number of rotatable bonds is 2. The van der Waals surface area contributed by atoms with Gasteiger partial charge in [0.2, 0.25) is 5.88 Å². The number of nitrogens with zero attached hydrogens (tertiary/aromatic N) is 2. The van der Waals surface area contributed by atoms with Crippen molar-refractivity contribution in [1.82, 2.24) is 4.98 Å². The number of fused-ring (bicyclic) bond motifs is 1. The van der Waals surface area contributed by atoms with Gasteiger partial charge < -0.3 is 10.1 Å². The van der Waals surface area contributed by atoms with Crippen LogP contribution in [-0.4, -0.2) is 10.1 Å². The average Bonchev–Trinajstić information content (AvgIpc) is 2.75. The predicted octanol–water partition coefficient (Wildman–Crippen LogP) is 5.90. The van der Waals surface area contributed by atoms with E-state index in [0.717, 1.165) is 11.1 Å². The second kappa shape index (κ2) is 5.39. The van der Waals surface area contributed by atoms with E-state index in [1.165, 1.54) is 0 Å². The predicted molar refractivity (Wildman–Crippen MR) is 85.3 cm³/mol. The number of aromatic nitrogens is 1. The Morgan fingerprint density at radius 2 is 1.86 bits per heavy atom. The lowest BCUT2D eigenvalue weighted by Crippen LogP contribution is -1.72. The molecule has 0 radical (unpaired) electrons. The summed E-state index contributed by atoms with van der Waals surface area (Å²) in [5.74, 6) is -0.0470. The minimum absolute atomic E-state index is 0.0470. The van der Waals surface area contributed by atoms with Crippen LogP contribution in [0.15, 0.2) is 46.6 Å². The van der Waals surface area contributed by atoms with Crippen molar-refractivity contribution in [3.63, 3.8) is 0 Å². The van der Waals surface area contributed by atoms with E-state index >= 15 is 0 Å². The van der Waals surface area contributed by atoms with Gasteiger partial charge in [-0.15, -0.1) is 5.11 Å². The molecular formula is C15H11Cl2N3O. The van der Waals surface area contributed by atoms with Gasteiger partial charge >= 0.3 is 0 Å². The SMILES string of the molecule is Cc1ccc(N=Nc2c(O)[nH]c3ccc(Cl)cc23)cc1Cl. The molecule has 0 aliphatic carbocycles. The Kier molecular flexibility index (Phi) is 3.57. The Bertz CT molecular complexity index is 855. The number of aromatic amines is 1. The summed E-state index contributed by atoms with van der Waals surface area (Å²) in [6, 6.07) is 10.6. The standard InChI is InChI=1S/C15H11Cl2N3O/c1-8-2-4-10(7-12(8)17)19-20-14-11-6-9(16)3-5-13(11)18-15(14)21/h2-7,18,21H,1H3. The van der Waals surface area contributed by atoms with Crippen LogP contribution in [0.2, 0.25) is 10.0 Å². The van der Waals surface area contributed by atoms with Gasteiger partial charge in [0, 0.05) is 15.4 Å². The van der Waals surface area contributed by atoms with Crippen molar-refractivity contribution >= 4 is 45.5 Å². The molecule has 2 aromatic carbocycles. The molecule has 0 spiro atoms. The van der Waals surface area contributed by atoms with Gasteiger partial charge in [-0.2, -0.15) is 5.11 Å². The molecule has 0 unspecified atom stereocenters. The monoisotopic (exact) mass is 319 g/mol. The maximum Gasteiger partial charge on any atom is 0.218 e. The molecule has 0 aliphatic heterocycles. The maximum absolute atomic E-state index is 9.92. The van der Waals surface area contributed by atoms with E-state index in [1.54, 1.807) is 24.3 Å². The van der Waals surface area contributed by atoms with Crippen molar-refractivity contribution in [2.24, 2.45) is 10.2 Å². The van der Waals surface area contributed by atoms with Crippen molar-refractivity contribution in [1.29, 1.82) is 0 Å². The number of nitrogens with one attached hydrogen (secondary N) is 1. The van der Waals surface area contributed by atoms with Crippen LogP contribution < -0.4 is 0 Å². The van der Waals surface area contributed by atoms with Gasteiger partial charge in [0.1, 0.15) is 0 Å². The van der Waals surface area contributed by atoms with Gasteiger partial charge in [-0.25, -0.2) is 0 Å². The van der Waals surface area contributed by atoms with Crippen LogP contribution in [0, 0.1) is 6.92 Å². The third-order valence-electron chi connectivity index (χ3n) is 3.13. The third kappa shape index (κ3) is 2.73. The van der Waals surface area contributed by atoms with Crippen molar-refractivity contribution in [2.75, 3.05) is 0 Å². The van der Waals surface area contributed by atoms with Gasteiger partial charge in [0.15, 0.2) is 5.69 Å². The van der Waals surface area contributed by atoms with Gasteiger partial charge in [-0.05, 0) is 42.8 Å². The Morgan fingerprint density at radius 3 is 2.62 bits per heavy atom. The van der Waals surface area contributed by atoms with E-state index in [9.17, 15) is 5.11 Å². The molecule has 6 heteroatoms. The molecule has 0 amide bonds. The number of halogens is 2. The normalized spacial score (nSPS) is 11.6. The molecule has 106 valence electrons. The molecule has 0 saturated heterocycles. The topological polar surface area (TPSA) is 60.7 Å². The molecule has 3 rings (SSSR count). The van der Waals surface area contributed by atoms with Gasteiger partial charge in [-0.3, -0.25) is 0 Å². The fourth-order valence-corrected chi connectivity index (χ4v) is 2.34. The molecule has 0 fully saturated rings. The molecule has 1 heterocycles. The second-order valence-electron chi connectivity index (χ2n) is 4.65. The van der Waals surface area contributed by atoms with Crippen molar-refractivity contribution in [2.45, 2.75) is 6.92 Å². The summed E-state index contributed by atoms with van der Waals surface area (Å²) in [7, 11) is 0. The molecular weight excluding hydrogens is 309 g/mol. The van der Waals surface area contributed by atoms with Crippen LogP contribution in [0.1, 0.15) is 5.56 Å². The number of aromatic hydroxyl groups is 1. The highest BCUT2D eigenvalue weighted by atomic mass is 35.5. The Labute approximate surface area is 131 Å². The molecule has 0 bridgehead atoms. The number of hydrogen-bond acceptors (Lipinski definition) is 3. The summed E-state index contributed by atoms with van der Waals surface area (Å²) in [6.45, 7) is 1.91. The summed E-state index contributed by atoms with van der Waals surface area (Å²) < 4.78 is 0. The van der Waals surface area contributed by atoms with E-state index in [4.69, 9.17) is 23.2 Å². The highest BCUT2D eigenvalue weighted by molar-refractivity contribution is 6.31. The first-order valence-corrected chi connectivity index (χ1v) is 6.98. The van der Waals surface area contributed by atoms with E-state index in [1.807, 2.05) is 19.1 Å². The zero-order valence-electron chi connectivity index (χ0n) is 11.1. The van der Waals surface area contributed by atoms with Crippen LogP contribution in [-0.2, 0) is 0 Å². The van der Waals surface area contributed by atoms with Crippen LogP contribution in [0.25, 0.3) is 10.9 Å². The van der Waals surface area contributed by atoms with E-state index in [0.29, 0.717) is 26.8 Å². The fraction of sp³-hybridized carbons (Fsp3) is 0.0667. The highest BCUT2D eigenvalue weighted by Gasteiger charge is 2.10. The lowest BCUT2D eigenvalue weighted by atomic mass is 10.2. The Morgan fingerprint density at radius 1 is 1.05 bits per heavy atom. The van der Waals surface area contributed by atoms with Crippen molar-refractivity contribution < 1.29 is 5.11 Å². The zero-order chi connectivity index (χ0) is 15.0. The van der Waals surface area contributed by atoms with E-state index in [2.05, 4.69) is 15.2 Å². The number of azo groups is 1. The Balaban J connectivity index is 2.04. The lowest BCUT2D eigenvalue weighted by Gasteiger charge is -1.98. The number of hydrogen-bond donors (Lipinski definition) is 2. The molecule has 21 heavy (non-hydrogen) atoms. The summed E-state index contributed by atoms with van der Waals surface area (Å²) in [6.07, 6.45) is 0. The zero-order valence-corrected chi connectivity index (χ0v) is 12.6. The first kappa shape index (κ1) is 13.9. The van der Waals surface area contributed by atoms with Crippen LogP contribution in [0.3, 0.4) is 0 Å². The number of benzene rings is 2. The average molecular weight is 320 g/mol. The van der Waals surface area contributed by atoms with Crippen LogP contribution in [0.4, 0.5) is 11.4 Å². The van der Waals surface area contributed by atoms with Gasteiger partial charge in [0.25, 0.3) is 0 Å². The van der Waals surface area contributed by atoms with Crippen molar-refractivity contribution in [3.8, 4) is 5.88 Å². The molecule has 2 N–H and O–H groups in total. The molecule has 0 atom stereocenters. The third-order valence-corrected chi connectivity index (χ3v) is 3.78. The number of H-pyrrole nitrogens is 1. The molecule has 0 aliphatic rings. The fourth-order valence-electron chi connectivity index (χ4n) is 1.99. The Hall–Kier alpha value is -2.04. The van der Waals surface area contributed by atoms with E-state index < -0.39 is 0 Å². The molecule has 3 aromatic rings. The largest absolute Gasteiger partial charge is 0.493 e. The summed E-state index contributed by atoms with van der Waals surface area (Å²) >= 11 is 12.0. The van der Waals surface area contributed by atoms with Gasteiger partial charge in [-0.1, -0.05) is 29.3 Å². The van der Waals surface area contributed by atoms with Crippen LogP contribution >= 0.6 is 23.2 Å². The molecule has 1 aromatic heterocycles. The summed E-state index contributed by atoms with van der Waals surface area (Å²) in [4.78, 5) is 2.83. The smallest absolute Gasteiger partial charge is 0.218 e. The molecule has 0 saturated carbocycles. The second-order valence-corrected chi connectivity index (χ2v) is 5.49. The highest BCUT2D eigenvalue weighted by Crippen LogP contribution is 2.37. The minimum atomic E-state index is -0.0470. The lowest BCUT2D eigenvalue weighted by molar-refractivity contribution is 0.459. The van der Waals surface area contributed by atoms with Crippen LogP contribution in [0.5, 0.6) is 5.88 Å². The summed E-state index contributed by atoms with van der Waals surface area (Å²) in [5, 5.41) is 20.0. The maximum atomic E-state index is 9.92. The quantitative estimate of drug-likeness (QED) is 0.567. The molecule has 4 nitrogen and oxygen atoms in total.